The van der Waals surface area contributed by atoms with Crippen LogP contribution >= 0.6 is 23.2 Å². The van der Waals surface area contributed by atoms with Crippen LogP contribution in [-0.2, 0) is 15.4 Å². The first-order valence-electron chi connectivity index (χ1n) is 10.8. The van der Waals surface area contributed by atoms with Crippen LogP contribution in [0.5, 0.6) is 5.75 Å². The molecule has 1 N–H and O–H groups in total. The summed E-state index contributed by atoms with van der Waals surface area (Å²) >= 11 is 12.2. The smallest absolute Gasteiger partial charge is 0.311 e. The fourth-order valence-electron chi connectivity index (χ4n) is 3.73. The van der Waals surface area contributed by atoms with E-state index in [2.05, 4.69) is 20.8 Å². The summed E-state index contributed by atoms with van der Waals surface area (Å²) in [5.74, 6) is 0.621. The largest absolute Gasteiger partial charge is 0.489 e. The molecule has 0 bridgehead atoms. The maximum Gasteiger partial charge on any atom is 0.311 e. The second kappa shape index (κ2) is 9.97. The monoisotopic (exact) mass is 544 g/mol. The number of alkyl halides is 1. The number of fused-ring (bicyclic) bond motifs is 1. The zero-order valence-corrected chi connectivity index (χ0v) is 22.0. The number of rotatable bonds is 8. The molecule has 0 radical (unpaired) electrons. The van der Waals surface area contributed by atoms with E-state index in [9.17, 15) is 13.7 Å². The normalized spacial score (nSPS) is 11.9. The van der Waals surface area contributed by atoms with Gasteiger partial charge in [0, 0.05) is 11.0 Å². The Bertz CT molecular complexity index is 1580. The predicted molar refractivity (Wildman–Crippen MR) is 140 cm³/mol. The van der Waals surface area contributed by atoms with E-state index in [4.69, 9.17) is 32.4 Å². The lowest BCUT2D eigenvalue weighted by molar-refractivity contribution is 0.341. The summed E-state index contributed by atoms with van der Waals surface area (Å²) < 4.78 is 36.1. The Hall–Kier alpha value is -3.32. The maximum atomic E-state index is 11.4. The number of aromatic nitrogens is 2. The second-order valence-electron chi connectivity index (χ2n) is 8.60. The van der Waals surface area contributed by atoms with Gasteiger partial charge in [-0.2, -0.15) is 10.2 Å². The van der Waals surface area contributed by atoms with Gasteiger partial charge in [-0.05, 0) is 35.4 Å². The first-order valence-corrected chi connectivity index (χ1v) is 13.6. The van der Waals surface area contributed by atoms with Gasteiger partial charge in [-0.25, -0.2) is 18.1 Å². The minimum atomic E-state index is -3.52. The van der Waals surface area contributed by atoms with E-state index >= 15 is 0 Å². The molecule has 186 valence electrons. The second-order valence-corrected chi connectivity index (χ2v) is 11.1. The number of halogens is 2. The van der Waals surface area contributed by atoms with Gasteiger partial charge in [0.25, 0.3) is 0 Å². The topological polar surface area (TPSA) is 118 Å². The van der Waals surface area contributed by atoms with Gasteiger partial charge in [-0.3, -0.25) is 0 Å². The van der Waals surface area contributed by atoms with Gasteiger partial charge < -0.3 is 9.15 Å². The van der Waals surface area contributed by atoms with Crippen LogP contribution in [0.3, 0.4) is 0 Å². The van der Waals surface area contributed by atoms with E-state index in [0.717, 1.165) is 22.9 Å². The van der Waals surface area contributed by atoms with Gasteiger partial charge in [0.2, 0.25) is 15.7 Å². The summed E-state index contributed by atoms with van der Waals surface area (Å²) in [6.07, 6.45) is 1.02. The molecule has 0 amide bonds. The number of nitriles is 1. The molecule has 0 aliphatic heterocycles. The van der Waals surface area contributed by atoms with Crippen LogP contribution in [0.1, 0.15) is 30.5 Å². The average Bonchev–Trinajstić information content (AvgIpc) is 3.22. The first-order chi connectivity index (χ1) is 17.0. The lowest BCUT2D eigenvalue weighted by Gasteiger charge is -2.27. The summed E-state index contributed by atoms with van der Waals surface area (Å²) in [4.78, 5) is 8.56. The Kier molecular flexibility index (Phi) is 7.14. The Balaban J connectivity index is 1.63. The number of ether oxygens (including phenoxy) is 1. The molecule has 0 fully saturated rings. The summed E-state index contributed by atoms with van der Waals surface area (Å²) in [7, 11) is -3.52. The van der Waals surface area contributed by atoms with Gasteiger partial charge >= 0.3 is 6.01 Å². The van der Waals surface area contributed by atoms with Crippen molar-refractivity contribution in [2.45, 2.75) is 19.3 Å². The molecule has 0 aliphatic carbocycles. The Morgan fingerprint density at radius 2 is 1.83 bits per heavy atom. The van der Waals surface area contributed by atoms with Gasteiger partial charge in [-0.15, -0.1) is 11.6 Å². The maximum absolute atomic E-state index is 11.4. The molecule has 8 nitrogen and oxygen atoms in total. The van der Waals surface area contributed by atoms with Crippen molar-refractivity contribution in [3.63, 3.8) is 0 Å². The molecule has 2 aromatic heterocycles. The van der Waals surface area contributed by atoms with Crippen molar-refractivity contribution in [1.29, 1.82) is 5.26 Å². The highest BCUT2D eigenvalue weighted by molar-refractivity contribution is 7.91. The summed E-state index contributed by atoms with van der Waals surface area (Å²) in [5.41, 5.74) is 3.89. The number of anilines is 1. The third-order valence-electron chi connectivity index (χ3n) is 5.64. The molecular formula is C25H22Cl2N4O4S. The third kappa shape index (κ3) is 5.41. The molecule has 36 heavy (non-hydrogen) atoms. The molecule has 0 aliphatic rings. The highest BCUT2D eigenvalue weighted by Gasteiger charge is 2.26. The highest BCUT2D eigenvalue weighted by atomic mass is 35.5. The Labute approximate surface area is 218 Å². The van der Waals surface area contributed by atoms with E-state index in [0.29, 0.717) is 27.5 Å². The van der Waals surface area contributed by atoms with Crippen molar-refractivity contribution in [3.8, 4) is 23.1 Å². The number of oxazole rings is 1. The van der Waals surface area contributed by atoms with Crippen molar-refractivity contribution in [2.24, 2.45) is 0 Å². The first kappa shape index (κ1) is 25.8. The number of sulfonamides is 1. The molecule has 0 saturated carbocycles. The fourth-order valence-corrected chi connectivity index (χ4v) is 4.48. The van der Waals surface area contributed by atoms with Crippen molar-refractivity contribution in [3.05, 3.63) is 70.2 Å². The van der Waals surface area contributed by atoms with Crippen LogP contribution in [-0.4, -0.2) is 37.1 Å². The summed E-state index contributed by atoms with van der Waals surface area (Å²) in [6.45, 7) is 4.34. The van der Waals surface area contributed by atoms with E-state index < -0.39 is 15.4 Å². The number of nitrogens with one attached hydrogen (secondary N) is 1. The van der Waals surface area contributed by atoms with Crippen molar-refractivity contribution in [2.75, 3.05) is 23.5 Å². The van der Waals surface area contributed by atoms with Crippen LogP contribution in [0, 0.1) is 11.3 Å². The summed E-state index contributed by atoms with van der Waals surface area (Å²) in [5, 5.41) is 9.98. The molecule has 2 aromatic carbocycles. The molecule has 0 spiro atoms. The molecule has 11 heteroatoms. The standard InChI is InChI=1S/C25H22Cl2N4O4S/c1-25(2,18-12-16(14-28)22(19(27)13-18)34-11-10-26)17-6-4-15(5-7-17)20-8-9-21-23(29-20)35-24(30-21)31-36(3,32)33/h4-9,12-13H,10-11H2,1-3H3,(H,30,31). The molecule has 0 atom stereocenters. The van der Waals surface area contributed by atoms with Crippen molar-refractivity contribution < 1.29 is 17.6 Å². The number of benzene rings is 2. The highest BCUT2D eigenvalue weighted by Crippen LogP contribution is 2.38. The van der Waals surface area contributed by atoms with Crippen LogP contribution < -0.4 is 9.46 Å². The lowest BCUT2D eigenvalue weighted by atomic mass is 9.77. The van der Waals surface area contributed by atoms with Crippen LogP contribution in [0.4, 0.5) is 6.01 Å². The van der Waals surface area contributed by atoms with Gasteiger partial charge in [0.05, 0.1) is 28.4 Å². The predicted octanol–water partition coefficient (Wildman–Crippen LogP) is 5.73. The molecular weight excluding hydrogens is 523 g/mol. The van der Waals surface area contributed by atoms with Gasteiger partial charge in [0.15, 0.2) is 5.75 Å². The molecule has 0 saturated heterocycles. The zero-order valence-electron chi connectivity index (χ0n) is 19.7. The quantitative estimate of drug-likeness (QED) is 0.281. The lowest BCUT2D eigenvalue weighted by Crippen LogP contribution is -2.19. The number of nitrogens with zero attached hydrogens (tertiary/aromatic N) is 3. The van der Waals surface area contributed by atoms with E-state index in [1.807, 2.05) is 38.1 Å². The van der Waals surface area contributed by atoms with Crippen LogP contribution in [0.25, 0.3) is 22.5 Å². The zero-order chi connectivity index (χ0) is 26.1. The van der Waals surface area contributed by atoms with Gasteiger partial charge in [-0.1, -0.05) is 49.7 Å². The van der Waals surface area contributed by atoms with E-state index in [1.54, 1.807) is 24.3 Å². The SMILES string of the molecule is CC(C)(c1ccc(-c2ccc3nc(NS(C)(=O)=O)oc3n2)cc1)c1cc(Cl)c(OCCCl)c(C#N)c1. The minimum absolute atomic E-state index is 0.135. The Morgan fingerprint density at radius 1 is 1.11 bits per heavy atom. The van der Waals surface area contributed by atoms with E-state index in [-0.39, 0.29) is 24.2 Å². The third-order valence-corrected chi connectivity index (χ3v) is 6.62. The van der Waals surface area contributed by atoms with Gasteiger partial charge in [0.1, 0.15) is 18.2 Å². The number of hydrogen-bond donors (Lipinski definition) is 1. The number of hydrogen-bond acceptors (Lipinski definition) is 7. The molecule has 4 rings (SSSR count). The molecule has 4 aromatic rings. The fraction of sp³-hybridized carbons (Fsp3) is 0.240. The molecule has 0 unspecified atom stereocenters. The van der Waals surface area contributed by atoms with Crippen molar-refractivity contribution in [1.82, 2.24) is 9.97 Å². The van der Waals surface area contributed by atoms with Crippen LogP contribution in [0.2, 0.25) is 5.02 Å². The van der Waals surface area contributed by atoms with E-state index in [1.165, 1.54) is 0 Å². The average molecular weight is 545 g/mol. The van der Waals surface area contributed by atoms with Crippen LogP contribution in [0.15, 0.2) is 52.9 Å². The van der Waals surface area contributed by atoms with Crippen molar-refractivity contribution >= 4 is 50.5 Å². The minimum Gasteiger partial charge on any atom is -0.489 e. The summed E-state index contributed by atoms with van der Waals surface area (Å²) in [6, 6.07) is 16.9. The number of pyridine rings is 1. The molecule has 2 heterocycles. The Morgan fingerprint density at radius 3 is 2.47 bits per heavy atom.